The van der Waals surface area contributed by atoms with Crippen LogP contribution in [0, 0.1) is 0 Å². The Morgan fingerprint density at radius 2 is 1.96 bits per heavy atom. The number of hydrogen-bond acceptors (Lipinski definition) is 5. The second-order valence-corrected chi connectivity index (χ2v) is 6.15. The molecule has 27 heavy (non-hydrogen) atoms. The molecule has 0 saturated heterocycles. The van der Waals surface area contributed by atoms with E-state index in [2.05, 4.69) is 10.5 Å². The molecule has 6 heteroatoms. The molecule has 1 unspecified atom stereocenters. The first-order valence-corrected chi connectivity index (χ1v) is 9.09. The lowest BCUT2D eigenvalue weighted by Gasteiger charge is -2.09. The fourth-order valence-corrected chi connectivity index (χ4v) is 2.75. The topological polar surface area (TPSA) is 69.2 Å². The highest BCUT2D eigenvalue weighted by atomic mass is 16.6. The van der Waals surface area contributed by atoms with Crippen molar-refractivity contribution in [3.63, 3.8) is 0 Å². The molecule has 3 rings (SSSR count). The number of anilines is 1. The second kappa shape index (κ2) is 9.85. The Hall–Kier alpha value is -2.70. The van der Waals surface area contributed by atoms with Gasteiger partial charge in [0.05, 0.1) is 19.8 Å². The van der Waals surface area contributed by atoms with Crippen LogP contribution >= 0.6 is 0 Å². The van der Waals surface area contributed by atoms with E-state index in [0.717, 1.165) is 11.1 Å². The van der Waals surface area contributed by atoms with Gasteiger partial charge in [0.2, 0.25) is 0 Å². The van der Waals surface area contributed by atoms with Gasteiger partial charge in [-0.2, -0.15) is 0 Å². The maximum Gasteiger partial charge on any atom is 0.273 e. The molecule has 0 spiro atoms. The third-order valence-corrected chi connectivity index (χ3v) is 4.13. The minimum absolute atomic E-state index is 0.211. The van der Waals surface area contributed by atoms with Crippen molar-refractivity contribution in [2.75, 3.05) is 25.1 Å². The van der Waals surface area contributed by atoms with E-state index >= 15 is 0 Å². The predicted molar refractivity (Wildman–Crippen MR) is 104 cm³/mol. The first-order valence-electron chi connectivity index (χ1n) is 9.09. The first kappa shape index (κ1) is 19.1. The van der Waals surface area contributed by atoms with Crippen molar-refractivity contribution in [3.05, 3.63) is 65.7 Å². The lowest BCUT2D eigenvalue weighted by atomic mass is 10.0. The Morgan fingerprint density at radius 3 is 2.78 bits per heavy atom. The minimum Gasteiger partial charge on any atom is -0.387 e. The summed E-state index contributed by atoms with van der Waals surface area (Å²) in [5.74, 6) is -0.247. The van der Waals surface area contributed by atoms with Gasteiger partial charge in [0.15, 0.2) is 6.10 Å². The number of nitrogens with one attached hydrogen (secondary N) is 1. The van der Waals surface area contributed by atoms with Crippen molar-refractivity contribution in [1.82, 2.24) is 0 Å². The highest BCUT2D eigenvalue weighted by molar-refractivity contribution is 6.43. The lowest BCUT2D eigenvalue weighted by molar-refractivity contribution is -0.110. The normalized spacial score (nSPS) is 15.9. The van der Waals surface area contributed by atoms with Gasteiger partial charge in [0.1, 0.15) is 5.71 Å². The molecule has 1 amide bonds. The molecule has 0 aliphatic carbocycles. The van der Waals surface area contributed by atoms with Gasteiger partial charge in [-0.15, -0.1) is 0 Å². The van der Waals surface area contributed by atoms with E-state index < -0.39 is 0 Å². The smallest absolute Gasteiger partial charge is 0.273 e. The van der Waals surface area contributed by atoms with Crippen LogP contribution in [0.5, 0.6) is 0 Å². The molecular weight excluding hydrogens is 344 g/mol. The standard InChI is InChI=1S/C21H24N2O4/c1-2-25-11-12-26-15-16-7-6-10-18(13-16)22-21(24)19-14-20(27-23-19)17-8-4-3-5-9-17/h3-10,13,20H,2,11-12,14-15H2,1H3,(H,22,24). The molecule has 142 valence electrons. The maximum atomic E-state index is 12.5. The van der Waals surface area contributed by atoms with Crippen LogP contribution in [0.2, 0.25) is 0 Å². The van der Waals surface area contributed by atoms with Gasteiger partial charge < -0.3 is 19.6 Å². The van der Waals surface area contributed by atoms with Crippen LogP contribution in [-0.4, -0.2) is 31.4 Å². The maximum absolute atomic E-state index is 12.5. The van der Waals surface area contributed by atoms with Crippen molar-refractivity contribution in [1.29, 1.82) is 0 Å². The van der Waals surface area contributed by atoms with Crippen LogP contribution in [0.1, 0.15) is 30.6 Å². The molecule has 0 saturated carbocycles. The van der Waals surface area contributed by atoms with E-state index in [1.54, 1.807) is 0 Å². The van der Waals surface area contributed by atoms with Crippen molar-refractivity contribution >= 4 is 17.3 Å². The summed E-state index contributed by atoms with van der Waals surface area (Å²) in [5.41, 5.74) is 3.09. The van der Waals surface area contributed by atoms with Crippen LogP contribution in [0.4, 0.5) is 5.69 Å². The summed E-state index contributed by atoms with van der Waals surface area (Å²) < 4.78 is 10.8. The van der Waals surface area contributed by atoms with Crippen LogP contribution in [-0.2, 0) is 25.7 Å². The van der Waals surface area contributed by atoms with Crippen LogP contribution in [0.25, 0.3) is 0 Å². The summed E-state index contributed by atoms with van der Waals surface area (Å²) in [7, 11) is 0. The zero-order chi connectivity index (χ0) is 18.9. The largest absolute Gasteiger partial charge is 0.387 e. The molecule has 1 aliphatic rings. The molecule has 6 nitrogen and oxygen atoms in total. The van der Waals surface area contributed by atoms with E-state index in [0.29, 0.717) is 44.2 Å². The average Bonchev–Trinajstić information content (AvgIpc) is 3.19. The number of hydrogen-bond donors (Lipinski definition) is 1. The summed E-state index contributed by atoms with van der Waals surface area (Å²) >= 11 is 0. The monoisotopic (exact) mass is 368 g/mol. The van der Waals surface area contributed by atoms with Gasteiger partial charge in [-0.3, -0.25) is 4.79 Å². The fraction of sp³-hybridized carbons (Fsp3) is 0.333. The lowest BCUT2D eigenvalue weighted by Crippen LogP contribution is -2.21. The zero-order valence-electron chi connectivity index (χ0n) is 15.4. The highest BCUT2D eigenvalue weighted by Gasteiger charge is 2.27. The highest BCUT2D eigenvalue weighted by Crippen LogP contribution is 2.27. The molecular formula is C21H24N2O4. The SMILES string of the molecule is CCOCCOCc1cccc(NC(=O)C2=NOC(c3ccccc3)C2)c1. The number of oxime groups is 1. The molecule has 1 heterocycles. The molecule has 1 aliphatic heterocycles. The van der Waals surface area contributed by atoms with E-state index in [9.17, 15) is 4.79 Å². The van der Waals surface area contributed by atoms with Gasteiger partial charge in [-0.1, -0.05) is 47.6 Å². The third-order valence-electron chi connectivity index (χ3n) is 4.13. The van der Waals surface area contributed by atoms with Crippen molar-refractivity contribution in [2.24, 2.45) is 5.16 Å². The van der Waals surface area contributed by atoms with Gasteiger partial charge >= 0.3 is 0 Å². The van der Waals surface area contributed by atoms with E-state index in [4.69, 9.17) is 14.3 Å². The van der Waals surface area contributed by atoms with Crippen LogP contribution in [0.3, 0.4) is 0 Å². The molecule has 0 aromatic heterocycles. The fourth-order valence-electron chi connectivity index (χ4n) is 2.75. The van der Waals surface area contributed by atoms with Gasteiger partial charge in [-0.25, -0.2) is 0 Å². The molecule has 2 aromatic carbocycles. The number of nitrogens with zero attached hydrogens (tertiary/aromatic N) is 1. The number of rotatable bonds is 9. The Kier molecular flexibility index (Phi) is 6.96. The van der Waals surface area contributed by atoms with Gasteiger partial charge in [0, 0.05) is 18.7 Å². The minimum atomic E-state index is -0.247. The molecule has 1 atom stereocenters. The summed E-state index contributed by atoms with van der Waals surface area (Å²) in [5, 5.41) is 6.83. The second-order valence-electron chi connectivity index (χ2n) is 6.15. The molecule has 0 bridgehead atoms. The Bertz CT molecular complexity index is 777. The Balaban J connectivity index is 1.50. The van der Waals surface area contributed by atoms with Crippen LogP contribution < -0.4 is 5.32 Å². The Morgan fingerprint density at radius 1 is 1.15 bits per heavy atom. The van der Waals surface area contributed by atoms with Crippen molar-refractivity contribution < 1.29 is 19.1 Å². The molecule has 2 aromatic rings. The quantitative estimate of drug-likeness (QED) is 0.685. The predicted octanol–water partition coefficient (Wildman–Crippen LogP) is 3.70. The third kappa shape index (κ3) is 5.64. The summed E-state index contributed by atoms with van der Waals surface area (Å²) in [6.45, 7) is 4.23. The van der Waals surface area contributed by atoms with Gasteiger partial charge in [-0.05, 0) is 30.2 Å². The molecule has 1 N–H and O–H groups in total. The van der Waals surface area contributed by atoms with E-state index in [1.807, 2.05) is 61.5 Å². The van der Waals surface area contributed by atoms with Crippen molar-refractivity contribution in [3.8, 4) is 0 Å². The average molecular weight is 368 g/mol. The first-order chi connectivity index (χ1) is 13.3. The number of carbonyl (C=O) groups is 1. The summed E-state index contributed by atoms with van der Waals surface area (Å²) in [6, 6.07) is 17.3. The number of amides is 1. The van der Waals surface area contributed by atoms with E-state index in [1.165, 1.54) is 0 Å². The van der Waals surface area contributed by atoms with E-state index in [-0.39, 0.29) is 12.0 Å². The Labute approximate surface area is 159 Å². The molecule has 0 radical (unpaired) electrons. The summed E-state index contributed by atoms with van der Waals surface area (Å²) in [6.07, 6.45) is 0.243. The van der Waals surface area contributed by atoms with Crippen LogP contribution in [0.15, 0.2) is 59.8 Å². The molecule has 0 fully saturated rings. The number of ether oxygens (including phenoxy) is 2. The zero-order valence-corrected chi connectivity index (χ0v) is 15.4. The summed E-state index contributed by atoms with van der Waals surface area (Å²) in [4.78, 5) is 17.9. The van der Waals surface area contributed by atoms with Gasteiger partial charge in [0.25, 0.3) is 5.91 Å². The number of carbonyl (C=O) groups excluding carboxylic acids is 1. The van der Waals surface area contributed by atoms with Crippen molar-refractivity contribution in [2.45, 2.75) is 26.1 Å². The number of benzene rings is 2.